The molecule has 0 aliphatic carbocycles. The predicted molar refractivity (Wildman–Crippen MR) is 80.5 cm³/mol. The molecule has 0 radical (unpaired) electrons. The third-order valence-corrected chi connectivity index (χ3v) is 3.70. The quantitative estimate of drug-likeness (QED) is 0.702. The zero-order valence-electron chi connectivity index (χ0n) is 11.6. The summed E-state index contributed by atoms with van der Waals surface area (Å²) in [4.78, 5) is 23.4. The van der Waals surface area contributed by atoms with Crippen molar-refractivity contribution in [1.82, 2.24) is 5.32 Å². The van der Waals surface area contributed by atoms with E-state index in [1.165, 1.54) is 11.8 Å². The van der Waals surface area contributed by atoms with Crippen LogP contribution in [0.4, 0.5) is 0 Å². The van der Waals surface area contributed by atoms with Crippen LogP contribution >= 0.6 is 11.8 Å². The average molecular weight is 296 g/mol. The van der Waals surface area contributed by atoms with Crippen molar-refractivity contribution in [2.75, 3.05) is 12.0 Å². The second kappa shape index (κ2) is 7.31. The van der Waals surface area contributed by atoms with Gasteiger partial charge in [0.2, 0.25) is 5.91 Å². The second-order valence-electron chi connectivity index (χ2n) is 4.71. The van der Waals surface area contributed by atoms with Crippen molar-refractivity contribution in [1.29, 1.82) is 0 Å². The van der Waals surface area contributed by atoms with Crippen molar-refractivity contribution in [2.45, 2.75) is 24.9 Å². The molecule has 1 aromatic carbocycles. The smallest absolute Gasteiger partial charge is 0.326 e. The third kappa shape index (κ3) is 4.25. The van der Waals surface area contributed by atoms with Gasteiger partial charge in [-0.25, -0.2) is 4.79 Å². The number of amides is 1. The molecule has 1 rings (SSSR count). The number of carboxylic acids is 1. The molecule has 0 heterocycles. The lowest BCUT2D eigenvalue weighted by Gasteiger charge is -2.26. The van der Waals surface area contributed by atoms with Gasteiger partial charge in [0.1, 0.15) is 11.6 Å². The van der Waals surface area contributed by atoms with Crippen LogP contribution in [0.3, 0.4) is 0 Å². The van der Waals surface area contributed by atoms with Gasteiger partial charge in [0.25, 0.3) is 0 Å². The first-order valence-corrected chi connectivity index (χ1v) is 7.66. The first-order chi connectivity index (χ1) is 9.39. The normalized spacial score (nSPS) is 15.2. The van der Waals surface area contributed by atoms with E-state index in [0.29, 0.717) is 17.7 Å². The lowest BCUT2D eigenvalue weighted by Crippen LogP contribution is -2.53. The zero-order chi connectivity index (χ0) is 15.2. The molecule has 1 unspecified atom stereocenters. The predicted octanol–water partition coefficient (Wildman–Crippen LogP) is 1.18. The number of nitrogens with two attached hydrogens (primary N) is 1. The molecule has 20 heavy (non-hydrogen) atoms. The monoisotopic (exact) mass is 296 g/mol. The number of aliphatic carboxylic acids is 1. The molecular formula is C14H20N2O3S. The van der Waals surface area contributed by atoms with E-state index in [1.807, 2.05) is 12.3 Å². The summed E-state index contributed by atoms with van der Waals surface area (Å²) in [6.07, 6.45) is 2.25. The number of thioether (sulfide) groups is 1. The van der Waals surface area contributed by atoms with Crippen LogP contribution < -0.4 is 11.1 Å². The zero-order valence-corrected chi connectivity index (χ0v) is 12.4. The van der Waals surface area contributed by atoms with Crippen molar-refractivity contribution < 1.29 is 14.7 Å². The summed E-state index contributed by atoms with van der Waals surface area (Å²) in [6, 6.07) is 7.98. The Balaban J connectivity index is 2.80. The van der Waals surface area contributed by atoms with E-state index >= 15 is 0 Å². The van der Waals surface area contributed by atoms with Gasteiger partial charge in [-0.1, -0.05) is 30.3 Å². The molecular weight excluding hydrogens is 276 g/mol. The standard InChI is InChI=1S/C14H20N2O3S/c1-14(15,10-6-4-3-5-7-10)13(19)16-11(12(17)18)8-9-20-2/h3-7,11H,8-9,15H2,1-2H3,(H,16,19)(H,17,18)/t11-,14?/m1/s1. The van der Waals surface area contributed by atoms with Crippen LogP contribution in [0.25, 0.3) is 0 Å². The van der Waals surface area contributed by atoms with Crippen molar-refractivity contribution in [3.05, 3.63) is 35.9 Å². The Morgan fingerprint density at radius 3 is 2.50 bits per heavy atom. The van der Waals surface area contributed by atoms with E-state index in [2.05, 4.69) is 5.32 Å². The molecule has 0 spiro atoms. The highest BCUT2D eigenvalue weighted by Gasteiger charge is 2.33. The number of hydrogen-bond donors (Lipinski definition) is 3. The van der Waals surface area contributed by atoms with Crippen LogP contribution in [-0.4, -0.2) is 35.0 Å². The molecule has 0 aliphatic rings. The topological polar surface area (TPSA) is 92.4 Å². The van der Waals surface area contributed by atoms with Gasteiger partial charge in [-0.15, -0.1) is 0 Å². The van der Waals surface area contributed by atoms with Gasteiger partial charge >= 0.3 is 5.97 Å². The molecule has 1 aromatic rings. The minimum Gasteiger partial charge on any atom is -0.480 e. The van der Waals surface area contributed by atoms with E-state index in [9.17, 15) is 9.59 Å². The van der Waals surface area contributed by atoms with E-state index in [1.54, 1.807) is 31.2 Å². The summed E-state index contributed by atoms with van der Waals surface area (Å²) in [5.41, 5.74) is 5.44. The summed E-state index contributed by atoms with van der Waals surface area (Å²) >= 11 is 1.53. The SMILES string of the molecule is CSCC[C@@H](NC(=O)C(C)(N)c1ccccc1)C(=O)O. The molecule has 0 aromatic heterocycles. The van der Waals surface area contributed by atoms with Gasteiger partial charge in [-0.2, -0.15) is 11.8 Å². The van der Waals surface area contributed by atoms with Crippen molar-refractivity contribution in [2.24, 2.45) is 5.73 Å². The Labute approximate surface area is 122 Å². The van der Waals surface area contributed by atoms with Crippen LogP contribution in [0.1, 0.15) is 18.9 Å². The van der Waals surface area contributed by atoms with Gasteiger partial charge in [-0.3, -0.25) is 4.79 Å². The first kappa shape index (κ1) is 16.5. The minimum atomic E-state index is -1.26. The van der Waals surface area contributed by atoms with Gasteiger partial charge in [0.05, 0.1) is 0 Å². The van der Waals surface area contributed by atoms with Gasteiger partial charge < -0.3 is 16.2 Å². The first-order valence-electron chi connectivity index (χ1n) is 6.26. The number of carboxylic acid groups (broad SMARTS) is 1. The maximum atomic E-state index is 12.2. The fourth-order valence-electron chi connectivity index (χ4n) is 1.72. The molecule has 0 saturated heterocycles. The fraction of sp³-hybridized carbons (Fsp3) is 0.429. The number of benzene rings is 1. The fourth-order valence-corrected chi connectivity index (χ4v) is 2.19. The Hall–Kier alpha value is -1.53. The molecule has 0 saturated carbocycles. The molecule has 1 amide bonds. The average Bonchev–Trinajstić information content (AvgIpc) is 2.43. The van der Waals surface area contributed by atoms with Gasteiger partial charge in [-0.05, 0) is 30.9 Å². The van der Waals surface area contributed by atoms with Crippen LogP contribution in [0, 0.1) is 0 Å². The summed E-state index contributed by atoms with van der Waals surface area (Å²) in [5, 5.41) is 11.6. The highest BCUT2D eigenvalue weighted by molar-refractivity contribution is 7.98. The highest BCUT2D eigenvalue weighted by atomic mass is 32.2. The van der Waals surface area contributed by atoms with E-state index in [-0.39, 0.29) is 0 Å². The number of carbonyl (C=O) groups is 2. The molecule has 4 N–H and O–H groups in total. The maximum absolute atomic E-state index is 12.2. The van der Waals surface area contributed by atoms with Gasteiger partial charge in [0, 0.05) is 0 Å². The van der Waals surface area contributed by atoms with Crippen molar-refractivity contribution in [3.8, 4) is 0 Å². The van der Waals surface area contributed by atoms with E-state index < -0.39 is 23.5 Å². The molecule has 2 atom stereocenters. The molecule has 6 heteroatoms. The largest absolute Gasteiger partial charge is 0.480 e. The Kier molecular flexibility index (Phi) is 6.04. The number of nitrogens with one attached hydrogen (secondary N) is 1. The molecule has 5 nitrogen and oxygen atoms in total. The van der Waals surface area contributed by atoms with Gasteiger partial charge in [0.15, 0.2) is 0 Å². The van der Waals surface area contributed by atoms with Crippen LogP contribution in [0.2, 0.25) is 0 Å². The second-order valence-corrected chi connectivity index (χ2v) is 5.70. The Morgan fingerprint density at radius 2 is 2.00 bits per heavy atom. The lowest BCUT2D eigenvalue weighted by molar-refractivity contribution is -0.142. The van der Waals surface area contributed by atoms with Crippen molar-refractivity contribution >= 4 is 23.6 Å². The number of hydrogen-bond acceptors (Lipinski definition) is 4. The Bertz CT molecular complexity index is 463. The number of carbonyl (C=O) groups excluding carboxylic acids is 1. The summed E-state index contributed by atoms with van der Waals surface area (Å²) in [7, 11) is 0. The van der Waals surface area contributed by atoms with Crippen LogP contribution in [-0.2, 0) is 15.1 Å². The van der Waals surface area contributed by atoms with Crippen LogP contribution in [0.15, 0.2) is 30.3 Å². The highest BCUT2D eigenvalue weighted by Crippen LogP contribution is 2.18. The van der Waals surface area contributed by atoms with Crippen molar-refractivity contribution in [3.63, 3.8) is 0 Å². The summed E-state index contributed by atoms with van der Waals surface area (Å²) in [6.45, 7) is 1.57. The molecule has 110 valence electrons. The molecule has 0 fully saturated rings. The van der Waals surface area contributed by atoms with E-state index in [4.69, 9.17) is 10.8 Å². The minimum absolute atomic E-state index is 0.368. The summed E-state index contributed by atoms with van der Waals surface area (Å²) in [5.74, 6) is -0.877. The van der Waals surface area contributed by atoms with Crippen LogP contribution in [0.5, 0.6) is 0 Å². The third-order valence-electron chi connectivity index (χ3n) is 3.06. The summed E-state index contributed by atoms with van der Waals surface area (Å²) < 4.78 is 0. The van der Waals surface area contributed by atoms with E-state index in [0.717, 1.165) is 0 Å². The lowest BCUT2D eigenvalue weighted by atomic mass is 9.92. The maximum Gasteiger partial charge on any atom is 0.326 e. The molecule has 0 aliphatic heterocycles. The molecule has 0 bridgehead atoms. The Morgan fingerprint density at radius 1 is 1.40 bits per heavy atom. The number of rotatable bonds is 7.